The SMILES string of the molecule is [Cl-].[Cl-].[Ti+2][CH](C1C=Cc2ccccc21)C1C=Cc2ccccc21. The fourth-order valence-corrected chi connectivity index (χ4v) is 4.31. The molecule has 0 amide bonds. The summed E-state index contributed by atoms with van der Waals surface area (Å²) in [6, 6.07) is 17.6. The summed E-state index contributed by atoms with van der Waals surface area (Å²) in [6.45, 7) is 0. The van der Waals surface area contributed by atoms with Crippen molar-refractivity contribution in [3.63, 3.8) is 0 Å². The normalized spacial score (nSPS) is 21.5. The molecule has 0 aromatic heterocycles. The molecule has 0 saturated heterocycles. The van der Waals surface area contributed by atoms with Crippen LogP contribution in [0.5, 0.6) is 0 Å². The summed E-state index contributed by atoms with van der Waals surface area (Å²) in [4.78, 5) is 0. The van der Waals surface area contributed by atoms with Crippen molar-refractivity contribution in [2.24, 2.45) is 0 Å². The Balaban J connectivity index is 0.000000882. The Morgan fingerprint density at radius 2 is 1.09 bits per heavy atom. The van der Waals surface area contributed by atoms with E-state index in [-0.39, 0.29) is 24.8 Å². The molecule has 0 fully saturated rings. The molecule has 2 unspecified atom stereocenters. The Labute approximate surface area is 155 Å². The van der Waals surface area contributed by atoms with Gasteiger partial charge in [-0.2, -0.15) is 0 Å². The van der Waals surface area contributed by atoms with Gasteiger partial charge in [0, 0.05) is 0 Å². The summed E-state index contributed by atoms with van der Waals surface area (Å²) in [7, 11) is 0. The molecular formula is C19H15Cl2Ti. The second kappa shape index (κ2) is 7.19. The topological polar surface area (TPSA) is 0 Å². The predicted octanol–water partition coefficient (Wildman–Crippen LogP) is -1.05. The molecule has 0 aliphatic heterocycles. The molecule has 2 aliphatic carbocycles. The van der Waals surface area contributed by atoms with Gasteiger partial charge in [-0.25, -0.2) is 0 Å². The van der Waals surface area contributed by atoms with E-state index in [4.69, 9.17) is 0 Å². The van der Waals surface area contributed by atoms with Crippen molar-refractivity contribution in [2.75, 3.05) is 0 Å². The molecule has 2 aliphatic rings. The van der Waals surface area contributed by atoms with Crippen LogP contribution in [-0.2, 0) is 20.4 Å². The summed E-state index contributed by atoms with van der Waals surface area (Å²) in [5.74, 6) is 1.07. The van der Waals surface area contributed by atoms with E-state index in [1.54, 1.807) is 0 Å². The van der Waals surface area contributed by atoms with Crippen LogP contribution in [0.1, 0.15) is 34.1 Å². The fourth-order valence-electron chi connectivity index (χ4n) is 3.40. The number of rotatable bonds is 2. The van der Waals surface area contributed by atoms with Gasteiger partial charge in [0.15, 0.2) is 0 Å². The zero-order valence-electron chi connectivity index (χ0n) is 11.9. The van der Waals surface area contributed by atoms with Gasteiger partial charge < -0.3 is 24.8 Å². The summed E-state index contributed by atoms with van der Waals surface area (Å²) in [5.41, 5.74) is 5.75. The zero-order chi connectivity index (χ0) is 13.5. The summed E-state index contributed by atoms with van der Waals surface area (Å²) < 4.78 is 0.592. The van der Waals surface area contributed by atoms with Crippen LogP contribution in [0.15, 0.2) is 60.7 Å². The molecule has 0 nitrogen and oxygen atoms in total. The van der Waals surface area contributed by atoms with Gasteiger partial charge in [0.1, 0.15) is 0 Å². The van der Waals surface area contributed by atoms with Crippen molar-refractivity contribution in [3.8, 4) is 0 Å². The van der Waals surface area contributed by atoms with E-state index in [1.807, 2.05) is 0 Å². The van der Waals surface area contributed by atoms with Crippen LogP contribution in [0.3, 0.4) is 0 Å². The van der Waals surface area contributed by atoms with Gasteiger partial charge in [0.2, 0.25) is 0 Å². The van der Waals surface area contributed by atoms with E-state index >= 15 is 0 Å². The second-order valence-corrected chi connectivity index (χ2v) is 6.59. The molecule has 4 rings (SSSR count). The predicted molar refractivity (Wildman–Crippen MR) is 80.2 cm³/mol. The van der Waals surface area contributed by atoms with Crippen LogP contribution in [0.25, 0.3) is 12.2 Å². The van der Waals surface area contributed by atoms with Crippen molar-refractivity contribution in [1.29, 1.82) is 0 Å². The molecule has 2 aromatic rings. The first-order valence-electron chi connectivity index (χ1n) is 7.10. The van der Waals surface area contributed by atoms with Crippen LogP contribution in [0.2, 0.25) is 4.22 Å². The molecule has 0 saturated carbocycles. The second-order valence-electron chi connectivity index (χ2n) is 5.55. The molecule has 0 heterocycles. The Hall–Kier alpha value is -0.786. The molecule has 0 radical (unpaired) electrons. The van der Waals surface area contributed by atoms with Crippen LogP contribution < -0.4 is 24.8 Å². The van der Waals surface area contributed by atoms with E-state index < -0.39 is 0 Å². The molecule has 0 spiro atoms. The number of hydrogen-bond acceptors (Lipinski definition) is 0. The molecule has 0 N–H and O–H groups in total. The third-order valence-corrected chi connectivity index (χ3v) is 5.57. The van der Waals surface area contributed by atoms with Gasteiger partial charge in [-0.1, -0.05) is 0 Å². The van der Waals surface area contributed by atoms with Gasteiger partial charge in [0.05, 0.1) is 0 Å². The van der Waals surface area contributed by atoms with Crippen molar-refractivity contribution in [3.05, 3.63) is 82.9 Å². The minimum absolute atomic E-state index is 0. The third-order valence-electron chi connectivity index (χ3n) is 4.45. The standard InChI is InChI=1S/C19H15.2ClH.Ti/c1-3-7-18-14(5-1)9-11-16(18)13-17-12-10-15-6-2-4-8-19(15)17;;;/h1-13,16-17H;2*1H;/q;;;+2/p-2. The monoisotopic (exact) mass is 361 g/mol. The van der Waals surface area contributed by atoms with E-state index in [0.29, 0.717) is 16.1 Å². The molecule has 22 heavy (non-hydrogen) atoms. The number of halogens is 2. The zero-order valence-corrected chi connectivity index (χ0v) is 15.0. The number of allylic oxidation sites excluding steroid dienone is 2. The van der Waals surface area contributed by atoms with Crippen LogP contribution in [0.4, 0.5) is 0 Å². The maximum absolute atomic E-state index is 2.38. The average molecular weight is 362 g/mol. The quantitative estimate of drug-likeness (QED) is 0.599. The van der Waals surface area contributed by atoms with Crippen LogP contribution >= 0.6 is 0 Å². The molecule has 3 heteroatoms. The third kappa shape index (κ3) is 2.86. The first-order chi connectivity index (χ1) is 9.84. The number of fused-ring (bicyclic) bond motifs is 2. The summed E-state index contributed by atoms with van der Waals surface area (Å²) in [5, 5.41) is 0. The molecule has 2 aromatic carbocycles. The molecule has 2 atom stereocenters. The Bertz CT molecular complexity index is 659. The summed E-state index contributed by atoms with van der Waals surface area (Å²) in [6.07, 6.45) is 9.32. The van der Waals surface area contributed by atoms with Gasteiger partial charge in [-0.15, -0.1) is 0 Å². The van der Waals surface area contributed by atoms with Gasteiger partial charge in [-0.05, 0) is 0 Å². The van der Waals surface area contributed by atoms with Crippen molar-refractivity contribution >= 4 is 12.2 Å². The van der Waals surface area contributed by atoms with Crippen LogP contribution in [-0.4, -0.2) is 0 Å². The van der Waals surface area contributed by atoms with Gasteiger partial charge in [0.25, 0.3) is 0 Å². The average Bonchev–Trinajstić information content (AvgIpc) is 3.11. The first-order valence-corrected chi connectivity index (χ1v) is 8.00. The van der Waals surface area contributed by atoms with E-state index in [1.165, 1.54) is 22.3 Å². The molecule has 0 bridgehead atoms. The van der Waals surface area contributed by atoms with Crippen molar-refractivity contribution < 1.29 is 45.2 Å². The molecular weight excluding hydrogens is 347 g/mol. The maximum atomic E-state index is 2.38. The Morgan fingerprint density at radius 1 is 0.682 bits per heavy atom. The Kier molecular flexibility index (Phi) is 5.74. The Morgan fingerprint density at radius 3 is 1.55 bits per heavy atom. The first kappa shape index (κ1) is 17.6. The minimum atomic E-state index is 0. The number of benzene rings is 2. The van der Waals surface area contributed by atoms with E-state index in [0.717, 1.165) is 0 Å². The van der Waals surface area contributed by atoms with Crippen molar-refractivity contribution in [1.82, 2.24) is 0 Å². The fraction of sp³-hybridized carbons (Fsp3) is 0.158. The van der Waals surface area contributed by atoms with Crippen molar-refractivity contribution in [2.45, 2.75) is 16.1 Å². The van der Waals surface area contributed by atoms with E-state index in [9.17, 15) is 0 Å². The van der Waals surface area contributed by atoms with Gasteiger partial charge >= 0.3 is 132 Å². The van der Waals surface area contributed by atoms with E-state index in [2.05, 4.69) is 93.3 Å². The summed E-state index contributed by atoms with van der Waals surface area (Å²) >= 11 is 2.38. The number of hydrogen-bond donors (Lipinski definition) is 0. The van der Waals surface area contributed by atoms with Crippen LogP contribution in [0, 0.1) is 0 Å². The molecule has 109 valence electrons. The van der Waals surface area contributed by atoms with Gasteiger partial charge in [-0.3, -0.25) is 0 Å².